The molecule has 2 heteroatoms. The van der Waals surface area contributed by atoms with Gasteiger partial charge in [0, 0.05) is 0 Å². The van der Waals surface area contributed by atoms with Gasteiger partial charge in [0.2, 0.25) is 0 Å². The van der Waals surface area contributed by atoms with Crippen LogP contribution in [0.3, 0.4) is 0 Å². The van der Waals surface area contributed by atoms with E-state index in [-0.39, 0.29) is 5.54 Å². The van der Waals surface area contributed by atoms with Crippen molar-refractivity contribution in [2.75, 3.05) is 14.1 Å². The third-order valence-electron chi connectivity index (χ3n) is 3.17. The van der Waals surface area contributed by atoms with Gasteiger partial charge in [-0.3, -0.25) is 9.69 Å². The molecule has 0 aromatic rings. The van der Waals surface area contributed by atoms with Gasteiger partial charge in [0.1, 0.15) is 0 Å². The highest BCUT2D eigenvalue weighted by Crippen LogP contribution is 2.35. The van der Waals surface area contributed by atoms with Gasteiger partial charge in [-0.1, -0.05) is 18.4 Å². The molecule has 0 heterocycles. The fraction of sp³-hybridized carbons (Fsp3) is 0.750. The summed E-state index contributed by atoms with van der Waals surface area (Å²) in [4.78, 5) is 14.2. The van der Waals surface area contributed by atoms with Crippen molar-refractivity contribution in [3.63, 3.8) is 0 Å². The Labute approximate surface area is 87.0 Å². The number of rotatable bonds is 3. The lowest BCUT2D eigenvalue weighted by atomic mass is 9.89. The van der Waals surface area contributed by atoms with Crippen LogP contribution in [0.15, 0.2) is 11.6 Å². The van der Waals surface area contributed by atoms with Crippen LogP contribution in [-0.2, 0) is 4.79 Å². The Balaban J connectivity index is 2.88. The van der Waals surface area contributed by atoms with Gasteiger partial charge in [0.15, 0.2) is 5.78 Å². The number of hydrogen-bond acceptors (Lipinski definition) is 2. The zero-order valence-electron chi connectivity index (χ0n) is 9.76. The molecule has 0 aromatic heterocycles. The molecule has 1 rings (SSSR count). The second-order valence-electron chi connectivity index (χ2n) is 4.72. The standard InChI is InChI=1S/C12H21NO/c1-10(2)9-11(14)12(13(3)4)7-5-6-8-12/h9H,5-8H2,1-4H3. The average molecular weight is 195 g/mol. The fourth-order valence-corrected chi connectivity index (χ4v) is 2.27. The molecule has 0 radical (unpaired) electrons. The van der Waals surface area contributed by atoms with E-state index in [0.717, 1.165) is 18.4 Å². The molecule has 0 aliphatic heterocycles. The van der Waals surface area contributed by atoms with Gasteiger partial charge in [-0.15, -0.1) is 0 Å². The number of carbonyl (C=O) groups is 1. The predicted octanol–water partition coefficient (Wildman–Crippen LogP) is 2.40. The molecule has 2 nitrogen and oxygen atoms in total. The van der Waals surface area contributed by atoms with Crippen LogP contribution >= 0.6 is 0 Å². The molecule has 1 aliphatic carbocycles. The summed E-state index contributed by atoms with van der Waals surface area (Å²) in [6, 6.07) is 0. The van der Waals surface area contributed by atoms with E-state index >= 15 is 0 Å². The van der Waals surface area contributed by atoms with Crippen LogP contribution < -0.4 is 0 Å². The van der Waals surface area contributed by atoms with Gasteiger partial charge in [0.05, 0.1) is 5.54 Å². The first kappa shape index (κ1) is 11.4. The number of likely N-dealkylation sites (N-methyl/N-ethyl adjacent to an activating group) is 1. The molecule has 1 aliphatic rings. The SMILES string of the molecule is CC(C)=CC(=O)C1(N(C)C)CCCC1. The lowest BCUT2D eigenvalue weighted by molar-refractivity contribution is -0.124. The Morgan fingerprint density at radius 1 is 1.21 bits per heavy atom. The Morgan fingerprint density at radius 3 is 2.07 bits per heavy atom. The minimum Gasteiger partial charge on any atom is -0.297 e. The number of ketones is 1. The maximum Gasteiger partial charge on any atom is 0.175 e. The van der Waals surface area contributed by atoms with E-state index in [1.165, 1.54) is 12.8 Å². The van der Waals surface area contributed by atoms with Crippen molar-refractivity contribution >= 4 is 5.78 Å². The summed E-state index contributed by atoms with van der Waals surface area (Å²) in [6.45, 7) is 3.96. The molecule has 0 bridgehead atoms. The molecular formula is C12H21NO. The monoisotopic (exact) mass is 195 g/mol. The number of hydrogen-bond donors (Lipinski definition) is 0. The maximum atomic E-state index is 12.1. The van der Waals surface area contributed by atoms with Gasteiger partial charge < -0.3 is 0 Å². The second-order valence-corrected chi connectivity index (χ2v) is 4.72. The Morgan fingerprint density at radius 2 is 1.71 bits per heavy atom. The highest BCUT2D eigenvalue weighted by atomic mass is 16.1. The fourth-order valence-electron chi connectivity index (χ4n) is 2.27. The molecule has 0 atom stereocenters. The third-order valence-corrected chi connectivity index (χ3v) is 3.17. The summed E-state index contributed by atoms with van der Waals surface area (Å²) in [6.07, 6.45) is 6.19. The third kappa shape index (κ3) is 2.06. The molecule has 0 aromatic carbocycles. The van der Waals surface area contributed by atoms with Gasteiger partial charge in [-0.2, -0.15) is 0 Å². The highest BCUT2D eigenvalue weighted by Gasteiger charge is 2.41. The van der Waals surface area contributed by atoms with E-state index in [0.29, 0.717) is 5.78 Å². The van der Waals surface area contributed by atoms with Gasteiger partial charge >= 0.3 is 0 Å². The molecule has 80 valence electrons. The minimum atomic E-state index is -0.197. The number of carbonyl (C=O) groups excluding carboxylic acids is 1. The summed E-state index contributed by atoms with van der Waals surface area (Å²) in [5.74, 6) is 0.292. The summed E-state index contributed by atoms with van der Waals surface area (Å²) in [5.41, 5.74) is 0.903. The van der Waals surface area contributed by atoms with Crippen molar-refractivity contribution < 1.29 is 4.79 Å². The summed E-state index contributed by atoms with van der Waals surface area (Å²) < 4.78 is 0. The van der Waals surface area contributed by atoms with E-state index in [9.17, 15) is 4.79 Å². The molecule has 0 spiro atoms. The van der Waals surface area contributed by atoms with E-state index in [1.54, 1.807) is 6.08 Å². The quantitative estimate of drug-likeness (QED) is 0.644. The van der Waals surface area contributed by atoms with Gasteiger partial charge in [-0.05, 0) is 46.9 Å². The van der Waals surface area contributed by atoms with Crippen molar-refractivity contribution in [3.05, 3.63) is 11.6 Å². The number of nitrogens with zero attached hydrogens (tertiary/aromatic N) is 1. The van der Waals surface area contributed by atoms with Crippen LogP contribution in [0.25, 0.3) is 0 Å². The van der Waals surface area contributed by atoms with E-state index in [1.807, 2.05) is 27.9 Å². The second kappa shape index (κ2) is 4.26. The zero-order valence-corrected chi connectivity index (χ0v) is 9.76. The Hall–Kier alpha value is -0.630. The topological polar surface area (TPSA) is 20.3 Å². The normalized spacial score (nSPS) is 19.8. The Bertz CT molecular complexity index is 243. The lowest BCUT2D eigenvalue weighted by Gasteiger charge is -2.33. The molecule has 0 unspecified atom stereocenters. The molecule has 14 heavy (non-hydrogen) atoms. The molecule has 0 N–H and O–H groups in total. The van der Waals surface area contributed by atoms with E-state index in [4.69, 9.17) is 0 Å². The van der Waals surface area contributed by atoms with Crippen molar-refractivity contribution in [1.82, 2.24) is 4.90 Å². The van der Waals surface area contributed by atoms with E-state index in [2.05, 4.69) is 4.90 Å². The summed E-state index contributed by atoms with van der Waals surface area (Å²) in [7, 11) is 4.03. The highest BCUT2D eigenvalue weighted by molar-refractivity contribution is 5.98. The predicted molar refractivity (Wildman–Crippen MR) is 59.3 cm³/mol. The molecular weight excluding hydrogens is 174 g/mol. The van der Waals surface area contributed by atoms with Crippen LogP contribution in [0.1, 0.15) is 39.5 Å². The van der Waals surface area contributed by atoms with Crippen molar-refractivity contribution in [2.45, 2.75) is 45.1 Å². The van der Waals surface area contributed by atoms with Crippen LogP contribution in [0.2, 0.25) is 0 Å². The minimum absolute atomic E-state index is 0.197. The van der Waals surface area contributed by atoms with Crippen molar-refractivity contribution in [3.8, 4) is 0 Å². The summed E-state index contributed by atoms with van der Waals surface area (Å²) >= 11 is 0. The average Bonchev–Trinajstić information content (AvgIpc) is 2.51. The van der Waals surface area contributed by atoms with Gasteiger partial charge in [-0.25, -0.2) is 0 Å². The Kier molecular flexibility index (Phi) is 3.48. The molecule has 0 amide bonds. The first-order chi connectivity index (χ1) is 6.49. The number of allylic oxidation sites excluding steroid dienone is 1. The van der Waals surface area contributed by atoms with Crippen molar-refractivity contribution in [2.24, 2.45) is 0 Å². The van der Waals surface area contributed by atoms with Crippen LogP contribution in [-0.4, -0.2) is 30.3 Å². The summed E-state index contributed by atoms with van der Waals surface area (Å²) in [5, 5.41) is 0. The molecule has 0 saturated heterocycles. The van der Waals surface area contributed by atoms with E-state index < -0.39 is 0 Å². The smallest absolute Gasteiger partial charge is 0.175 e. The van der Waals surface area contributed by atoms with Crippen LogP contribution in [0.4, 0.5) is 0 Å². The molecule has 1 saturated carbocycles. The van der Waals surface area contributed by atoms with Crippen LogP contribution in [0, 0.1) is 0 Å². The lowest BCUT2D eigenvalue weighted by Crippen LogP contribution is -2.48. The van der Waals surface area contributed by atoms with Crippen LogP contribution in [0.5, 0.6) is 0 Å². The molecule has 1 fully saturated rings. The zero-order chi connectivity index (χ0) is 10.8. The van der Waals surface area contributed by atoms with Gasteiger partial charge in [0.25, 0.3) is 0 Å². The van der Waals surface area contributed by atoms with Crippen molar-refractivity contribution in [1.29, 1.82) is 0 Å². The largest absolute Gasteiger partial charge is 0.297 e. The first-order valence-corrected chi connectivity index (χ1v) is 5.36. The maximum absolute atomic E-state index is 12.1. The first-order valence-electron chi connectivity index (χ1n) is 5.36.